The van der Waals surface area contributed by atoms with Crippen molar-refractivity contribution in [3.8, 4) is 6.07 Å². The van der Waals surface area contributed by atoms with Gasteiger partial charge in [-0.3, -0.25) is 4.90 Å². The maximum absolute atomic E-state index is 8.97. The van der Waals surface area contributed by atoms with Crippen LogP contribution in [-0.2, 0) is 6.54 Å². The predicted octanol–water partition coefficient (Wildman–Crippen LogP) is -0.325. The number of rotatable bonds is 2. The van der Waals surface area contributed by atoms with Gasteiger partial charge in [-0.15, -0.1) is 0 Å². The predicted molar refractivity (Wildman–Crippen MR) is 51.7 cm³/mol. The summed E-state index contributed by atoms with van der Waals surface area (Å²) in [5.74, 6) is 0. The summed E-state index contributed by atoms with van der Waals surface area (Å²) in [5.41, 5.74) is 1.61. The summed E-state index contributed by atoms with van der Waals surface area (Å²) in [5, 5.41) is 19.7. The summed E-state index contributed by atoms with van der Waals surface area (Å²) in [4.78, 5) is 2.09. The first kappa shape index (κ1) is 10.1. The number of nitriles is 1. The van der Waals surface area contributed by atoms with Gasteiger partial charge in [0.15, 0.2) is 0 Å². The Morgan fingerprint density at radius 3 is 3.20 bits per heavy atom. The van der Waals surface area contributed by atoms with E-state index in [4.69, 9.17) is 5.26 Å². The lowest BCUT2D eigenvalue weighted by atomic mass is 10.2. The molecule has 1 aromatic rings. The average molecular weight is 207 g/mol. The zero-order valence-electron chi connectivity index (χ0n) is 8.60. The smallest absolute Gasteiger partial charge is 0.122 e. The topological polar surface area (TPSA) is 78.0 Å². The Balaban J connectivity index is 2.04. The molecule has 1 N–H and O–H groups in total. The van der Waals surface area contributed by atoms with Crippen molar-refractivity contribution in [3.63, 3.8) is 0 Å². The van der Waals surface area contributed by atoms with Crippen LogP contribution in [0.2, 0.25) is 0 Å². The van der Waals surface area contributed by atoms with Crippen molar-refractivity contribution in [2.45, 2.75) is 19.5 Å². The van der Waals surface area contributed by atoms with Gasteiger partial charge in [-0.05, 0) is 6.92 Å². The average Bonchev–Trinajstić information content (AvgIpc) is 2.65. The van der Waals surface area contributed by atoms with Crippen molar-refractivity contribution in [3.05, 3.63) is 11.4 Å². The van der Waals surface area contributed by atoms with Crippen LogP contribution in [0.3, 0.4) is 0 Å². The molecular weight excluding hydrogens is 194 g/mol. The highest BCUT2D eigenvalue weighted by Crippen LogP contribution is 2.10. The third-order valence-corrected chi connectivity index (χ3v) is 2.60. The summed E-state index contributed by atoms with van der Waals surface area (Å²) < 4.78 is 4.63. The quantitative estimate of drug-likeness (QED) is 0.715. The van der Waals surface area contributed by atoms with Crippen LogP contribution in [0.25, 0.3) is 0 Å². The summed E-state index contributed by atoms with van der Waals surface area (Å²) >= 11 is 0. The molecule has 0 spiro atoms. The van der Waals surface area contributed by atoms with Crippen molar-refractivity contribution in [2.75, 3.05) is 19.6 Å². The molecule has 2 heterocycles. The molecule has 0 amide bonds. The number of nitrogens with zero attached hydrogens (tertiary/aromatic N) is 4. The van der Waals surface area contributed by atoms with Gasteiger partial charge in [0, 0.05) is 26.2 Å². The summed E-state index contributed by atoms with van der Waals surface area (Å²) in [6.45, 7) is 4.96. The second kappa shape index (κ2) is 4.38. The second-order valence-corrected chi connectivity index (χ2v) is 3.62. The van der Waals surface area contributed by atoms with Crippen molar-refractivity contribution < 1.29 is 4.63 Å². The highest BCUT2D eigenvalue weighted by molar-refractivity contribution is 5.07. The lowest BCUT2D eigenvalue weighted by Crippen LogP contribution is -2.50. The van der Waals surface area contributed by atoms with E-state index in [9.17, 15) is 0 Å². The molecule has 1 atom stereocenters. The van der Waals surface area contributed by atoms with Crippen molar-refractivity contribution in [2.24, 2.45) is 0 Å². The van der Waals surface area contributed by atoms with Crippen LogP contribution in [-0.4, -0.2) is 40.9 Å². The summed E-state index contributed by atoms with van der Waals surface area (Å²) in [7, 11) is 0. The molecule has 1 fully saturated rings. The molecule has 6 heteroatoms. The van der Waals surface area contributed by atoms with E-state index in [0.29, 0.717) is 13.1 Å². The van der Waals surface area contributed by atoms with Crippen LogP contribution in [0.5, 0.6) is 0 Å². The summed E-state index contributed by atoms with van der Waals surface area (Å²) in [6, 6.07) is 2.18. The fraction of sp³-hybridized carbons (Fsp3) is 0.667. The third-order valence-electron chi connectivity index (χ3n) is 2.60. The Morgan fingerprint density at radius 1 is 1.67 bits per heavy atom. The van der Waals surface area contributed by atoms with E-state index in [1.807, 2.05) is 6.92 Å². The van der Waals surface area contributed by atoms with Gasteiger partial charge in [0.1, 0.15) is 17.4 Å². The first-order chi connectivity index (χ1) is 7.31. The van der Waals surface area contributed by atoms with E-state index in [1.165, 1.54) is 0 Å². The number of piperazine rings is 1. The van der Waals surface area contributed by atoms with E-state index >= 15 is 0 Å². The molecule has 0 radical (unpaired) electrons. The lowest BCUT2D eigenvalue weighted by molar-refractivity contribution is 0.183. The van der Waals surface area contributed by atoms with Crippen LogP contribution in [0.15, 0.2) is 4.63 Å². The maximum atomic E-state index is 8.97. The number of hydrogen-bond donors (Lipinski definition) is 1. The van der Waals surface area contributed by atoms with Gasteiger partial charge in [0.2, 0.25) is 0 Å². The molecule has 80 valence electrons. The van der Waals surface area contributed by atoms with E-state index in [1.54, 1.807) is 0 Å². The van der Waals surface area contributed by atoms with E-state index in [2.05, 4.69) is 31.2 Å². The van der Waals surface area contributed by atoms with Gasteiger partial charge in [-0.2, -0.15) is 5.26 Å². The number of aromatic nitrogens is 2. The number of nitrogens with one attached hydrogen (secondary N) is 1. The van der Waals surface area contributed by atoms with E-state index in [0.717, 1.165) is 24.5 Å². The van der Waals surface area contributed by atoms with Gasteiger partial charge >= 0.3 is 0 Å². The molecule has 1 aromatic heterocycles. The fourth-order valence-electron chi connectivity index (χ4n) is 1.65. The van der Waals surface area contributed by atoms with Crippen LogP contribution < -0.4 is 5.32 Å². The SMILES string of the molecule is Cc1nonc1CN1CCNCC1C#N. The standard InChI is InChI=1S/C9H13N5O/c1-7-9(13-15-12-7)6-14-3-2-11-5-8(14)4-10/h8,11H,2-3,5-6H2,1H3. The van der Waals surface area contributed by atoms with Gasteiger partial charge in [-0.1, -0.05) is 10.3 Å². The Morgan fingerprint density at radius 2 is 2.53 bits per heavy atom. The van der Waals surface area contributed by atoms with Crippen LogP contribution in [0, 0.1) is 18.3 Å². The van der Waals surface area contributed by atoms with E-state index < -0.39 is 0 Å². The van der Waals surface area contributed by atoms with Gasteiger partial charge < -0.3 is 5.32 Å². The minimum atomic E-state index is -0.0881. The molecule has 0 aromatic carbocycles. The molecule has 0 bridgehead atoms. The molecule has 6 nitrogen and oxygen atoms in total. The normalized spacial score (nSPS) is 22.5. The molecule has 1 aliphatic heterocycles. The zero-order chi connectivity index (χ0) is 10.7. The molecule has 1 aliphatic rings. The molecule has 0 saturated carbocycles. The Bertz CT molecular complexity index is 369. The van der Waals surface area contributed by atoms with Gasteiger partial charge in [-0.25, -0.2) is 4.63 Å². The fourth-order valence-corrected chi connectivity index (χ4v) is 1.65. The van der Waals surface area contributed by atoms with Crippen LogP contribution >= 0.6 is 0 Å². The molecule has 0 aliphatic carbocycles. The van der Waals surface area contributed by atoms with E-state index in [-0.39, 0.29) is 6.04 Å². The minimum absolute atomic E-state index is 0.0881. The van der Waals surface area contributed by atoms with Crippen LogP contribution in [0.4, 0.5) is 0 Å². The first-order valence-corrected chi connectivity index (χ1v) is 4.93. The molecule has 2 rings (SSSR count). The minimum Gasteiger partial charge on any atom is -0.313 e. The molecule has 1 unspecified atom stereocenters. The monoisotopic (exact) mass is 207 g/mol. The van der Waals surface area contributed by atoms with Crippen molar-refractivity contribution in [1.29, 1.82) is 5.26 Å². The summed E-state index contributed by atoms with van der Waals surface area (Å²) in [6.07, 6.45) is 0. The van der Waals surface area contributed by atoms with Crippen molar-refractivity contribution >= 4 is 0 Å². The Hall–Kier alpha value is -1.45. The van der Waals surface area contributed by atoms with Gasteiger partial charge in [0.25, 0.3) is 0 Å². The van der Waals surface area contributed by atoms with Crippen molar-refractivity contribution in [1.82, 2.24) is 20.5 Å². The van der Waals surface area contributed by atoms with Gasteiger partial charge in [0.05, 0.1) is 6.07 Å². The molecule has 1 saturated heterocycles. The molecular formula is C9H13N5O. The zero-order valence-corrected chi connectivity index (χ0v) is 8.60. The number of hydrogen-bond acceptors (Lipinski definition) is 6. The number of aryl methyl sites for hydroxylation is 1. The lowest BCUT2D eigenvalue weighted by Gasteiger charge is -2.30. The highest BCUT2D eigenvalue weighted by Gasteiger charge is 2.23. The third kappa shape index (κ3) is 2.14. The molecule has 15 heavy (non-hydrogen) atoms. The Kier molecular flexibility index (Phi) is 2.94. The maximum Gasteiger partial charge on any atom is 0.122 e. The highest BCUT2D eigenvalue weighted by atomic mass is 16.6. The first-order valence-electron chi connectivity index (χ1n) is 4.93. The van der Waals surface area contributed by atoms with Crippen LogP contribution in [0.1, 0.15) is 11.4 Å². The second-order valence-electron chi connectivity index (χ2n) is 3.62. The Labute approximate surface area is 87.8 Å². The largest absolute Gasteiger partial charge is 0.313 e.